The molecule has 5 nitrogen and oxygen atoms in total. The zero-order chi connectivity index (χ0) is 22.9. The second kappa shape index (κ2) is 7.68. The predicted molar refractivity (Wildman–Crippen MR) is 131 cm³/mol. The summed E-state index contributed by atoms with van der Waals surface area (Å²) in [7, 11) is 0. The predicted octanol–water partition coefficient (Wildman–Crippen LogP) is 4.99. The molecule has 4 heterocycles. The summed E-state index contributed by atoms with van der Waals surface area (Å²) < 4.78 is 9.37. The fourth-order valence-electron chi connectivity index (χ4n) is 5.87. The van der Waals surface area contributed by atoms with Crippen LogP contribution in [-0.4, -0.2) is 40.0 Å². The molecule has 1 fully saturated rings. The van der Waals surface area contributed by atoms with Crippen molar-refractivity contribution in [2.45, 2.75) is 63.7 Å². The van der Waals surface area contributed by atoms with Gasteiger partial charge in [-0.25, -0.2) is 0 Å². The number of ether oxygens (including phenoxy) is 1. The van der Waals surface area contributed by atoms with Crippen molar-refractivity contribution in [1.29, 1.82) is 0 Å². The molecular formula is C28H30N4OPt. The van der Waals surface area contributed by atoms with E-state index in [1.54, 1.807) is 0 Å². The Morgan fingerprint density at radius 3 is 2.35 bits per heavy atom. The average Bonchev–Trinajstić information content (AvgIpc) is 3.41. The molecule has 0 N–H and O–H groups in total. The van der Waals surface area contributed by atoms with Crippen LogP contribution >= 0.6 is 0 Å². The number of nitrogens with zero attached hydrogens (tertiary/aromatic N) is 4. The summed E-state index contributed by atoms with van der Waals surface area (Å²) in [6, 6.07) is 18.3. The molecule has 0 amide bonds. The minimum atomic E-state index is -0.401. The first-order chi connectivity index (χ1) is 16.6. The molecule has 2 aromatic rings. The summed E-state index contributed by atoms with van der Waals surface area (Å²) >= 11 is -0.401. The molecule has 2 unspecified atom stereocenters. The van der Waals surface area contributed by atoms with Gasteiger partial charge in [-0.3, -0.25) is 0 Å². The summed E-state index contributed by atoms with van der Waals surface area (Å²) in [5.41, 5.74) is 2.37. The first kappa shape index (κ1) is 20.7. The fraction of sp³-hybridized carbons (Fsp3) is 0.357. The van der Waals surface area contributed by atoms with Crippen LogP contribution in [0, 0.1) is 0 Å². The molecule has 6 heteroatoms. The van der Waals surface area contributed by atoms with E-state index < -0.39 is 17.6 Å². The molecule has 4 aliphatic heterocycles. The Morgan fingerprint density at radius 2 is 1.53 bits per heavy atom. The first-order valence-corrected chi connectivity index (χ1v) is 14.5. The monoisotopic (exact) mass is 633 g/mol. The quantitative estimate of drug-likeness (QED) is 0.407. The third kappa shape index (κ3) is 3.16. The summed E-state index contributed by atoms with van der Waals surface area (Å²) in [6.07, 6.45) is 14.6. The van der Waals surface area contributed by atoms with Crippen LogP contribution < -0.4 is 4.74 Å². The Morgan fingerprint density at radius 1 is 0.824 bits per heavy atom. The molecule has 0 spiro atoms. The minimum absolute atomic E-state index is 0.178. The Hall–Kier alpha value is -2.65. The van der Waals surface area contributed by atoms with Crippen LogP contribution in [0.3, 0.4) is 0 Å². The summed E-state index contributed by atoms with van der Waals surface area (Å²) in [5, 5.41) is 0. The van der Waals surface area contributed by atoms with Crippen LogP contribution in [0.15, 0.2) is 73.3 Å². The van der Waals surface area contributed by atoms with Crippen molar-refractivity contribution in [3.8, 4) is 11.5 Å². The van der Waals surface area contributed by atoms with Gasteiger partial charge >= 0.3 is 210 Å². The van der Waals surface area contributed by atoms with Gasteiger partial charge < -0.3 is 0 Å². The summed E-state index contributed by atoms with van der Waals surface area (Å²) in [6.45, 7) is 5.57. The van der Waals surface area contributed by atoms with E-state index in [0.717, 1.165) is 18.0 Å². The molecule has 178 valence electrons. The van der Waals surface area contributed by atoms with Gasteiger partial charge in [0.1, 0.15) is 0 Å². The molecule has 2 aromatic carbocycles. The van der Waals surface area contributed by atoms with Gasteiger partial charge in [0.25, 0.3) is 0 Å². The van der Waals surface area contributed by atoms with Gasteiger partial charge in [0, 0.05) is 0 Å². The third-order valence-electron chi connectivity index (χ3n) is 7.76. The average molecular weight is 634 g/mol. The zero-order valence-electron chi connectivity index (χ0n) is 19.6. The maximum absolute atomic E-state index is 6.35. The van der Waals surface area contributed by atoms with Crippen LogP contribution in [0.4, 0.5) is 0 Å². The zero-order valence-corrected chi connectivity index (χ0v) is 21.9. The Kier molecular flexibility index (Phi) is 4.67. The Labute approximate surface area is 209 Å². The van der Waals surface area contributed by atoms with Crippen LogP contribution in [0.5, 0.6) is 11.5 Å². The topological polar surface area (TPSA) is 22.2 Å². The van der Waals surface area contributed by atoms with Gasteiger partial charge in [0.15, 0.2) is 0 Å². The normalized spacial score (nSPS) is 26.5. The van der Waals surface area contributed by atoms with Crippen LogP contribution in [0.2, 0.25) is 0 Å². The molecule has 0 saturated heterocycles. The van der Waals surface area contributed by atoms with E-state index in [1.807, 2.05) is 0 Å². The number of rotatable bonds is 0. The molecule has 0 aromatic heterocycles. The maximum atomic E-state index is 6.35. The van der Waals surface area contributed by atoms with E-state index in [9.17, 15) is 0 Å². The van der Waals surface area contributed by atoms with Gasteiger partial charge in [-0.2, -0.15) is 0 Å². The molecule has 0 radical (unpaired) electrons. The molecule has 1 saturated carbocycles. The first-order valence-electron chi connectivity index (χ1n) is 12.3. The number of benzene rings is 2. The van der Waals surface area contributed by atoms with E-state index in [4.69, 9.17) is 4.74 Å². The van der Waals surface area contributed by atoms with Gasteiger partial charge in [0.2, 0.25) is 0 Å². The van der Waals surface area contributed by atoms with Crippen molar-refractivity contribution < 1.29 is 22.4 Å². The van der Waals surface area contributed by atoms with E-state index in [-0.39, 0.29) is 5.54 Å². The van der Waals surface area contributed by atoms with Crippen LogP contribution in [-0.2, 0) is 29.7 Å². The number of hydrogen-bond acceptors (Lipinski definition) is 5. The van der Waals surface area contributed by atoms with Gasteiger partial charge in [-0.15, -0.1) is 0 Å². The molecule has 1 aliphatic carbocycles. The fourth-order valence-corrected chi connectivity index (χ4v) is 9.75. The van der Waals surface area contributed by atoms with Crippen LogP contribution in [0.25, 0.3) is 0 Å². The van der Waals surface area contributed by atoms with Crippen molar-refractivity contribution in [3.05, 3.63) is 84.5 Å². The third-order valence-corrected chi connectivity index (χ3v) is 11.2. The standard InChI is InChI=1S/C28H30N4O.Pt/c1-28(2)23-8-6-10-25(18-23)33-24-9-5-7-22(17-24)19-29-13-14-30(20-29)26-11-3-4-12-27(26)31-15-16-32(28)21-31;/h5-10,13-18,26-27H,3-4,11-12,19H2,1-2H3;. The van der Waals surface area contributed by atoms with E-state index in [0.29, 0.717) is 12.1 Å². The molecule has 7 rings (SSSR count). The second-order valence-electron chi connectivity index (χ2n) is 10.2. The Bertz CT molecular complexity index is 1290. The van der Waals surface area contributed by atoms with Crippen molar-refractivity contribution in [3.63, 3.8) is 0 Å². The van der Waals surface area contributed by atoms with Gasteiger partial charge in [-0.1, -0.05) is 0 Å². The molecule has 34 heavy (non-hydrogen) atoms. The van der Waals surface area contributed by atoms with E-state index in [1.165, 1.54) is 45.1 Å². The second-order valence-corrected chi connectivity index (χ2v) is 12.8. The summed E-state index contributed by atoms with van der Waals surface area (Å²) in [4.78, 5) is 10.4. The van der Waals surface area contributed by atoms with E-state index in [2.05, 4.69) is 107 Å². The van der Waals surface area contributed by atoms with Crippen molar-refractivity contribution >= 4 is 8.29 Å². The molecule has 5 aliphatic rings. The number of fused-ring (bicyclic) bond motifs is 7. The van der Waals surface area contributed by atoms with E-state index >= 15 is 0 Å². The SMILES string of the molecule is CC1(C)c2cccc(c2)Oc2cccc(c2)CN2C=CN3[C]2=[Pt]=[C]2N(C=CN21)C1CCCCC13. The molecular weight excluding hydrogens is 603 g/mol. The van der Waals surface area contributed by atoms with Gasteiger partial charge in [-0.05, 0) is 0 Å². The van der Waals surface area contributed by atoms with Crippen molar-refractivity contribution in [2.75, 3.05) is 0 Å². The van der Waals surface area contributed by atoms with Crippen molar-refractivity contribution in [2.24, 2.45) is 0 Å². The molecule has 6 bridgehead atoms. The van der Waals surface area contributed by atoms with Crippen molar-refractivity contribution in [1.82, 2.24) is 19.6 Å². The van der Waals surface area contributed by atoms with Gasteiger partial charge in [0.05, 0.1) is 0 Å². The molecule has 2 atom stereocenters. The summed E-state index contributed by atoms with van der Waals surface area (Å²) in [5.74, 6) is 1.80. The number of hydrogen-bond donors (Lipinski definition) is 0. The Balaban J connectivity index is 1.45. The van der Waals surface area contributed by atoms with Crippen LogP contribution in [0.1, 0.15) is 50.7 Å².